The molecule has 6 heteroatoms. The molecule has 6 nitrogen and oxygen atoms in total. The summed E-state index contributed by atoms with van der Waals surface area (Å²) in [5, 5.41) is 1.12. The zero-order chi connectivity index (χ0) is 18.4. The van der Waals surface area contributed by atoms with Gasteiger partial charge in [-0.2, -0.15) is 0 Å². The van der Waals surface area contributed by atoms with E-state index in [-0.39, 0.29) is 12.1 Å². The number of nitrogens with zero attached hydrogens (tertiary/aromatic N) is 3. The van der Waals surface area contributed by atoms with Gasteiger partial charge >= 0.3 is 5.97 Å². The molecule has 4 rings (SSSR count). The first-order valence-corrected chi connectivity index (χ1v) is 9.26. The number of benzene rings is 1. The summed E-state index contributed by atoms with van der Waals surface area (Å²) in [6.45, 7) is 6.58. The van der Waals surface area contributed by atoms with Crippen LogP contribution < -0.4 is 5.73 Å². The lowest BCUT2D eigenvalue weighted by Gasteiger charge is -2.25. The maximum atomic E-state index is 11.7. The largest absolute Gasteiger partial charge is 0.454 e. The highest BCUT2D eigenvalue weighted by Gasteiger charge is 2.30. The molecule has 2 N–H and O–H groups in total. The average molecular weight is 352 g/mol. The van der Waals surface area contributed by atoms with E-state index in [1.165, 1.54) is 12.5 Å². The molecule has 0 saturated heterocycles. The molecule has 1 aliphatic rings. The zero-order valence-electron chi connectivity index (χ0n) is 15.5. The first kappa shape index (κ1) is 16.8. The molecule has 2 unspecified atom stereocenters. The Morgan fingerprint density at radius 3 is 2.96 bits per heavy atom. The van der Waals surface area contributed by atoms with Crippen molar-refractivity contribution in [2.45, 2.75) is 58.6 Å². The molecular weight excluding hydrogens is 328 g/mol. The number of esters is 1. The van der Waals surface area contributed by atoms with Crippen molar-refractivity contribution in [1.82, 2.24) is 14.5 Å². The van der Waals surface area contributed by atoms with Gasteiger partial charge in [0.25, 0.3) is 0 Å². The fourth-order valence-corrected chi connectivity index (χ4v) is 4.04. The third-order valence-corrected chi connectivity index (χ3v) is 5.20. The highest BCUT2D eigenvalue weighted by molar-refractivity contribution is 6.09. The molecule has 0 aliphatic carbocycles. The minimum absolute atomic E-state index is 0.286. The summed E-state index contributed by atoms with van der Waals surface area (Å²) in [6.07, 6.45) is 2.40. The second-order valence-corrected chi connectivity index (χ2v) is 7.16. The number of nitrogens with two attached hydrogens (primary N) is 1. The highest BCUT2D eigenvalue weighted by atomic mass is 16.5. The van der Waals surface area contributed by atoms with Gasteiger partial charge in [-0.25, -0.2) is 9.97 Å². The number of carbonyl (C=O) groups excluding carboxylic acids is 1. The number of imidazole rings is 1. The lowest BCUT2D eigenvalue weighted by molar-refractivity contribution is -0.147. The predicted octanol–water partition coefficient (Wildman–Crippen LogP) is 4.08. The van der Waals surface area contributed by atoms with Crippen LogP contribution in [0.15, 0.2) is 18.2 Å². The van der Waals surface area contributed by atoms with Crippen LogP contribution in [0.1, 0.15) is 63.4 Å². The summed E-state index contributed by atoms with van der Waals surface area (Å²) in [5.74, 6) is 1.26. The number of carbonyl (C=O) groups is 1. The van der Waals surface area contributed by atoms with Crippen molar-refractivity contribution in [3.05, 3.63) is 29.6 Å². The fourth-order valence-electron chi connectivity index (χ4n) is 4.04. The van der Waals surface area contributed by atoms with Crippen LogP contribution in [0.3, 0.4) is 0 Å². The Morgan fingerprint density at radius 1 is 1.42 bits per heavy atom. The Balaban J connectivity index is 1.99. The van der Waals surface area contributed by atoms with Gasteiger partial charge in [-0.05, 0) is 30.4 Å². The smallest absolute Gasteiger partial charge is 0.303 e. The summed E-state index contributed by atoms with van der Waals surface area (Å²) in [7, 11) is 0. The first-order chi connectivity index (χ1) is 12.5. The van der Waals surface area contributed by atoms with Crippen LogP contribution in [0.4, 0.5) is 5.82 Å². The number of nitrogen functional groups attached to an aromatic ring is 1. The second-order valence-electron chi connectivity index (χ2n) is 7.16. The SMILES string of the molecule is CCCCC(OC(C)=O)c1nc2c(N)nc3cccc4c3c2n1CC4C. The van der Waals surface area contributed by atoms with E-state index in [1.54, 1.807) is 0 Å². The molecule has 0 amide bonds. The molecule has 0 spiro atoms. The van der Waals surface area contributed by atoms with E-state index in [9.17, 15) is 4.79 Å². The number of ether oxygens (including phenoxy) is 1. The number of aromatic nitrogens is 3. The molecule has 1 aromatic carbocycles. The van der Waals surface area contributed by atoms with Gasteiger partial charge in [0, 0.05) is 18.9 Å². The lowest BCUT2D eigenvalue weighted by atomic mass is 9.93. The van der Waals surface area contributed by atoms with Crippen LogP contribution in [-0.2, 0) is 16.1 Å². The van der Waals surface area contributed by atoms with Crippen LogP contribution in [0.5, 0.6) is 0 Å². The number of anilines is 1. The molecule has 26 heavy (non-hydrogen) atoms. The summed E-state index contributed by atoms with van der Waals surface area (Å²) in [4.78, 5) is 21.0. The van der Waals surface area contributed by atoms with Gasteiger partial charge in [-0.3, -0.25) is 4.79 Å². The van der Waals surface area contributed by atoms with E-state index in [0.29, 0.717) is 17.3 Å². The minimum atomic E-state index is -0.355. The van der Waals surface area contributed by atoms with E-state index >= 15 is 0 Å². The Morgan fingerprint density at radius 2 is 2.23 bits per heavy atom. The van der Waals surface area contributed by atoms with Crippen molar-refractivity contribution < 1.29 is 9.53 Å². The third kappa shape index (κ3) is 2.52. The molecule has 2 atom stereocenters. The van der Waals surface area contributed by atoms with Crippen molar-refractivity contribution in [3.8, 4) is 0 Å². The molecule has 0 bridgehead atoms. The van der Waals surface area contributed by atoms with Crippen LogP contribution in [-0.4, -0.2) is 20.5 Å². The van der Waals surface area contributed by atoms with E-state index in [0.717, 1.165) is 48.1 Å². The van der Waals surface area contributed by atoms with Crippen molar-refractivity contribution in [2.24, 2.45) is 0 Å². The average Bonchev–Trinajstić information content (AvgIpc) is 2.98. The van der Waals surface area contributed by atoms with Gasteiger partial charge in [0.05, 0.1) is 11.0 Å². The summed E-state index contributed by atoms with van der Waals surface area (Å²) in [5.41, 5.74) is 10.1. The van der Waals surface area contributed by atoms with Crippen LogP contribution >= 0.6 is 0 Å². The maximum Gasteiger partial charge on any atom is 0.303 e. The number of rotatable bonds is 5. The summed E-state index contributed by atoms with van der Waals surface area (Å²) in [6, 6.07) is 6.17. The standard InChI is InChI=1S/C20H24N4O2/c1-4-5-9-15(26-12(3)25)20-23-17-18-16-13(11(2)10-24(18)20)7-6-8-14(16)22-19(17)21/h6-8,11,15H,4-5,9-10H2,1-3H3,(H2,21,22). The van der Waals surface area contributed by atoms with Crippen molar-refractivity contribution in [2.75, 3.05) is 5.73 Å². The van der Waals surface area contributed by atoms with E-state index in [4.69, 9.17) is 15.5 Å². The molecule has 1 aliphatic heterocycles. The minimum Gasteiger partial charge on any atom is -0.454 e. The number of unbranched alkanes of at least 4 members (excludes halogenated alkanes) is 1. The lowest BCUT2D eigenvalue weighted by Crippen LogP contribution is -2.19. The molecule has 0 fully saturated rings. The topological polar surface area (TPSA) is 83.0 Å². The highest BCUT2D eigenvalue weighted by Crippen LogP contribution is 2.41. The molecule has 0 saturated carbocycles. The maximum absolute atomic E-state index is 11.7. The Labute approximate surface area is 152 Å². The van der Waals surface area contributed by atoms with Gasteiger partial charge < -0.3 is 15.0 Å². The van der Waals surface area contributed by atoms with Crippen LogP contribution in [0.25, 0.3) is 21.9 Å². The Bertz CT molecular complexity index is 1010. The van der Waals surface area contributed by atoms with Crippen molar-refractivity contribution >= 4 is 33.7 Å². The third-order valence-electron chi connectivity index (χ3n) is 5.20. The van der Waals surface area contributed by atoms with Crippen LogP contribution in [0, 0.1) is 0 Å². The molecule has 2 aromatic heterocycles. The second kappa shape index (κ2) is 6.27. The Kier molecular flexibility index (Phi) is 4.05. The molecule has 3 heterocycles. The summed E-state index contributed by atoms with van der Waals surface area (Å²) >= 11 is 0. The van der Waals surface area contributed by atoms with Gasteiger partial charge in [0.15, 0.2) is 17.7 Å². The molecular formula is C20H24N4O2. The quantitative estimate of drug-likeness (QED) is 0.700. The zero-order valence-corrected chi connectivity index (χ0v) is 15.5. The van der Waals surface area contributed by atoms with Crippen LogP contribution in [0.2, 0.25) is 0 Å². The molecule has 3 aromatic rings. The fraction of sp³-hybridized carbons (Fsp3) is 0.450. The summed E-state index contributed by atoms with van der Waals surface area (Å²) < 4.78 is 7.83. The van der Waals surface area contributed by atoms with Crippen molar-refractivity contribution in [3.63, 3.8) is 0 Å². The number of hydrogen-bond acceptors (Lipinski definition) is 5. The monoisotopic (exact) mass is 352 g/mol. The number of hydrogen-bond donors (Lipinski definition) is 1. The van der Waals surface area contributed by atoms with Gasteiger partial charge in [0.2, 0.25) is 0 Å². The molecule has 0 radical (unpaired) electrons. The van der Waals surface area contributed by atoms with Crippen molar-refractivity contribution in [1.29, 1.82) is 0 Å². The molecule has 136 valence electrons. The first-order valence-electron chi connectivity index (χ1n) is 9.26. The van der Waals surface area contributed by atoms with Gasteiger partial charge in [0.1, 0.15) is 5.52 Å². The normalized spacial score (nSPS) is 17.1. The van der Waals surface area contributed by atoms with E-state index in [1.807, 2.05) is 12.1 Å². The van der Waals surface area contributed by atoms with E-state index in [2.05, 4.69) is 29.5 Å². The van der Waals surface area contributed by atoms with E-state index < -0.39 is 0 Å². The Hall–Kier alpha value is -2.63. The van der Waals surface area contributed by atoms with Gasteiger partial charge in [-0.15, -0.1) is 0 Å². The van der Waals surface area contributed by atoms with Gasteiger partial charge in [-0.1, -0.05) is 32.4 Å². The predicted molar refractivity (Wildman–Crippen MR) is 102 cm³/mol. The number of pyridine rings is 1.